The summed E-state index contributed by atoms with van der Waals surface area (Å²) >= 11 is 5.85. The molecule has 7 heteroatoms. The molecule has 5 nitrogen and oxygen atoms in total. The van der Waals surface area contributed by atoms with Crippen LogP contribution in [0, 0.1) is 17.1 Å². The quantitative estimate of drug-likeness (QED) is 0.637. The summed E-state index contributed by atoms with van der Waals surface area (Å²) in [4.78, 5) is 23.9. The van der Waals surface area contributed by atoms with E-state index in [4.69, 9.17) is 21.6 Å². The van der Waals surface area contributed by atoms with Gasteiger partial charge in [0.1, 0.15) is 5.82 Å². The Morgan fingerprint density at radius 1 is 1.31 bits per heavy atom. The lowest BCUT2D eigenvalue weighted by molar-refractivity contribution is -0.148. The first-order valence-electron chi connectivity index (χ1n) is 7.54. The summed E-state index contributed by atoms with van der Waals surface area (Å²) in [6, 6.07) is 12.4. The fraction of sp³-hybridized carbons (Fsp3) is 0.105. The molecule has 0 spiro atoms. The molecule has 0 aliphatic rings. The van der Waals surface area contributed by atoms with Crippen molar-refractivity contribution in [3.63, 3.8) is 0 Å². The monoisotopic (exact) mass is 372 g/mol. The first-order chi connectivity index (χ1) is 12.4. The molecule has 0 aliphatic heterocycles. The van der Waals surface area contributed by atoms with E-state index in [1.165, 1.54) is 37.3 Å². The summed E-state index contributed by atoms with van der Waals surface area (Å²) in [5.74, 6) is -1.96. The molecular weight excluding hydrogens is 359 g/mol. The second kappa shape index (κ2) is 8.79. The molecule has 0 unspecified atom stereocenters. The summed E-state index contributed by atoms with van der Waals surface area (Å²) in [5.41, 5.74) is 0.847. The Morgan fingerprint density at radius 3 is 2.73 bits per heavy atom. The third kappa shape index (κ3) is 5.16. The van der Waals surface area contributed by atoms with Crippen molar-refractivity contribution < 1.29 is 18.7 Å². The highest BCUT2D eigenvalue weighted by Gasteiger charge is 2.17. The number of amides is 1. The molecule has 0 heterocycles. The van der Waals surface area contributed by atoms with Crippen LogP contribution in [0.4, 0.5) is 10.1 Å². The van der Waals surface area contributed by atoms with Gasteiger partial charge in [-0.2, -0.15) is 5.26 Å². The lowest BCUT2D eigenvalue weighted by Gasteiger charge is -2.12. The number of halogens is 2. The van der Waals surface area contributed by atoms with Crippen LogP contribution < -0.4 is 5.32 Å². The Bertz CT molecular complexity index is 886. The van der Waals surface area contributed by atoms with E-state index in [2.05, 4.69) is 5.32 Å². The first kappa shape index (κ1) is 19.2. The number of rotatable bonds is 5. The van der Waals surface area contributed by atoms with E-state index in [1.807, 2.05) is 6.07 Å². The maximum atomic E-state index is 13.6. The second-order valence-corrected chi connectivity index (χ2v) is 5.64. The summed E-state index contributed by atoms with van der Waals surface area (Å²) in [5, 5.41) is 11.5. The van der Waals surface area contributed by atoms with Gasteiger partial charge < -0.3 is 10.1 Å². The van der Waals surface area contributed by atoms with Gasteiger partial charge in [0.25, 0.3) is 5.91 Å². The molecule has 0 fully saturated rings. The van der Waals surface area contributed by atoms with E-state index >= 15 is 0 Å². The van der Waals surface area contributed by atoms with Gasteiger partial charge in [0.2, 0.25) is 0 Å². The molecule has 2 aromatic rings. The average Bonchev–Trinajstić information content (AvgIpc) is 2.61. The SMILES string of the molecule is C[C@H](OC(=O)/C=C/c1c(F)cccc1Cl)C(=O)Nc1cccc(C#N)c1. The summed E-state index contributed by atoms with van der Waals surface area (Å²) in [7, 11) is 0. The van der Waals surface area contributed by atoms with Crippen LogP contribution in [0.25, 0.3) is 6.08 Å². The van der Waals surface area contributed by atoms with Crippen molar-refractivity contribution in [2.45, 2.75) is 13.0 Å². The van der Waals surface area contributed by atoms with Crippen molar-refractivity contribution >= 4 is 35.2 Å². The van der Waals surface area contributed by atoms with Crippen molar-refractivity contribution in [3.05, 3.63) is 70.5 Å². The normalized spacial score (nSPS) is 11.6. The number of ether oxygens (including phenoxy) is 1. The van der Waals surface area contributed by atoms with Gasteiger partial charge in [-0.1, -0.05) is 23.7 Å². The first-order valence-corrected chi connectivity index (χ1v) is 7.92. The number of esters is 1. The van der Waals surface area contributed by atoms with Gasteiger partial charge >= 0.3 is 5.97 Å². The van der Waals surface area contributed by atoms with Gasteiger partial charge in [0, 0.05) is 17.3 Å². The average molecular weight is 373 g/mol. The number of nitrogens with one attached hydrogen (secondary N) is 1. The predicted octanol–water partition coefficient (Wildman–Crippen LogP) is 3.93. The fourth-order valence-corrected chi connectivity index (χ4v) is 2.22. The summed E-state index contributed by atoms with van der Waals surface area (Å²) in [6.45, 7) is 1.39. The van der Waals surface area contributed by atoms with Gasteiger partial charge in [-0.05, 0) is 43.3 Å². The number of hydrogen-bond donors (Lipinski definition) is 1. The third-order valence-corrected chi connectivity index (χ3v) is 3.64. The molecule has 1 amide bonds. The molecule has 26 heavy (non-hydrogen) atoms. The molecule has 0 aliphatic carbocycles. The zero-order valence-corrected chi connectivity index (χ0v) is 14.5. The van der Waals surface area contributed by atoms with E-state index in [-0.39, 0.29) is 10.6 Å². The number of nitriles is 1. The highest BCUT2D eigenvalue weighted by Crippen LogP contribution is 2.20. The number of benzene rings is 2. The highest BCUT2D eigenvalue weighted by molar-refractivity contribution is 6.32. The summed E-state index contributed by atoms with van der Waals surface area (Å²) in [6.07, 6.45) is 1.08. The Kier molecular flexibility index (Phi) is 6.48. The molecule has 2 aromatic carbocycles. The fourth-order valence-electron chi connectivity index (χ4n) is 2.00. The molecule has 0 bridgehead atoms. The van der Waals surface area contributed by atoms with E-state index in [9.17, 15) is 14.0 Å². The van der Waals surface area contributed by atoms with Crippen LogP contribution in [0.1, 0.15) is 18.1 Å². The Labute approximate surface area is 154 Å². The highest BCUT2D eigenvalue weighted by atomic mass is 35.5. The number of anilines is 1. The van der Waals surface area contributed by atoms with E-state index in [0.717, 1.165) is 6.08 Å². The minimum atomic E-state index is -1.09. The number of nitrogens with zero attached hydrogens (tertiary/aromatic N) is 1. The smallest absolute Gasteiger partial charge is 0.331 e. The van der Waals surface area contributed by atoms with Gasteiger partial charge in [-0.15, -0.1) is 0 Å². The minimum absolute atomic E-state index is 0.0524. The lowest BCUT2D eigenvalue weighted by atomic mass is 10.2. The lowest BCUT2D eigenvalue weighted by Crippen LogP contribution is -2.29. The van der Waals surface area contributed by atoms with Crippen LogP contribution in [0.5, 0.6) is 0 Å². The van der Waals surface area contributed by atoms with Crippen molar-refractivity contribution in [2.24, 2.45) is 0 Å². The van der Waals surface area contributed by atoms with Gasteiger partial charge in [0.15, 0.2) is 6.10 Å². The maximum absolute atomic E-state index is 13.6. The van der Waals surface area contributed by atoms with Crippen molar-refractivity contribution in [1.29, 1.82) is 5.26 Å². The van der Waals surface area contributed by atoms with Crippen LogP contribution in [0.3, 0.4) is 0 Å². The van der Waals surface area contributed by atoms with Gasteiger partial charge in [0.05, 0.1) is 16.7 Å². The minimum Gasteiger partial charge on any atom is -0.449 e. The standard InChI is InChI=1S/C19H14ClFN2O3/c1-12(19(25)23-14-5-2-4-13(10-14)11-22)26-18(24)9-8-15-16(20)6-3-7-17(15)21/h2-10,12H,1H3,(H,23,25)/b9-8+/t12-/m0/s1. The predicted molar refractivity (Wildman–Crippen MR) is 95.8 cm³/mol. The van der Waals surface area contributed by atoms with E-state index < -0.39 is 23.8 Å². The molecule has 0 saturated carbocycles. The van der Waals surface area contributed by atoms with Gasteiger partial charge in [-0.25, -0.2) is 9.18 Å². The summed E-state index contributed by atoms with van der Waals surface area (Å²) < 4.78 is 18.6. The van der Waals surface area contributed by atoms with Crippen LogP contribution in [0.15, 0.2) is 48.5 Å². The Hall–Kier alpha value is -3.17. The van der Waals surface area contributed by atoms with Crippen LogP contribution in [0.2, 0.25) is 5.02 Å². The molecule has 1 atom stereocenters. The molecule has 132 valence electrons. The van der Waals surface area contributed by atoms with Crippen molar-refractivity contribution in [3.8, 4) is 6.07 Å². The van der Waals surface area contributed by atoms with E-state index in [1.54, 1.807) is 18.2 Å². The van der Waals surface area contributed by atoms with Crippen LogP contribution >= 0.6 is 11.6 Å². The van der Waals surface area contributed by atoms with Crippen LogP contribution in [-0.2, 0) is 14.3 Å². The third-order valence-electron chi connectivity index (χ3n) is 3.31. The van der Waals surface area contributed by atoms with E-state index in [0.29, 0.717) is 11.3 Å². The Balaban J connectivity index is 1.96. The number of carbonyl (C=O) groups is 2. The van der Waals surface area contributed by atoms with Crippen LogP contribution in [-0.4, -0.2) is 18.0 Å². The van der Waals surface area contributed by atoms with Gasteiger partial charge in [-0.3, -0.25) is 4.79 Å². The molecule has 1 N–H and O–H groups in total. The largest absolute Gasteiger partial charge is 0.449 e. The number of carbonyl (C=O) groups excluding carboxylic acids is 2. The molecule has 2 rings (SSSR count). The molecule has 0 aromatic heterocycles. The second-order valence-electron chi connectivity index (χ2n) is 5.23. The maximum Gasteiger partial charge on any atom is 0.331 e. The molecule has 0 radical (unpaired) electrons. The Morgan fingerprint density at radius 2 is 2.04 bits per heavy atom. The molecular formula is C19H14ClFN2O3. The zero-order valence-electron chi connectivity index (χ0n) is 13.7. The van der Waals surface area contributed by atoms with Crippen molar-refractivity contribution in [2.75, 3.05) is 5.32 Å². The van der Waals surface area contributed by atoms with Crippen molar-refractivity contribution in [1.82, 2.24) is 0 Å². The molecule has 0 saturated heterocycles. The number of hydrogen-bond acceptors (Lipinski definition) is 4. The topological polar surface area (TPSA) is 79.2 Å². The zero-order chi connectivity index (χ0) is 19.1.